The van der Waals surface area contributed by atoms with Crippen LogP contribution in [0.25, 0.3) is 0 Å². The van der Waals surface area contributed by atoms with Gasteiger partial charge in [-0.15, -0.1) is 0 Å². The average molecular weight is 198 g/mol. The summed E-state index contributed by atoms with van der Waals surface area (Å²) in [5.74, 6) is 0. The van der Waals surface area contributed by atoms with Gasteiger partial charge in [-0.05, 0) is 53.6 Å². The van der Waals surface area contributed by atoms with E-state index in [1.807, 2.05) is 0 Å². The molecule has 0 saturated heterocycles. The Hall–Kier alpha value is -0.0800. The van der Waals surface area contributed by atoms with Crippen LogP contribution in [0.5, 0.6) is 0 Å². The van der Waals surface area contributed by atoms with E-state index in [4.69, 9.17) is 0 Å². The van der Waals surface area contributed by atoms with Gasteiger partial charge in [-0.3, -0.25) is 4.90 Å². The van der Waals surface area contributed by atoms with Crippen molar-refractivity contribution in [1.82, 2.24) is 10.2 Å². The molecule has 1 saturated carbocycles. The van der Waals surface area contributed by atoms with Gasteiger partial charge in [0.2, 0.25) is 0 Å². The summed E-state index contributed by atoms with van der Waals surface area (Å²) in [7, 11) is 4.37. The highest BCUT2D eigenvalue weighted by molar-refractivity contribution is 4.90. The third-order valence-electron chi connectivity index (χ3n) is 4.18. The third kappa shape index (κ3) is 2.48. The molecule has 2 heteroatoms. The third-order valence-corrected chi connectivity index (χ3v) is 4.18. The molecule has 1 N–H and O–H groups in total. The predicted molar refractivity (Wildman–Crippen MR) is 62.6 cm³/mol. The van der Waals surface area contributed by atoms with Crippen LogP contribution >= 0.6 is 0 Å². The smallest absolute Gasteiger partial charge is 0.0150 e. The molecular formula is C12H26N2. The van der Waals surface area contributed by atoms with Crippen molar-refractivity contribution >= 4 is 0 Å². The highest BCUT2D eigenvalue weighted by Gasteiger charge is 2.32. The van der Waals surface area contributed by atoms with Crippen LogP contribution in [-0.4, -0.2) is 36.6 Å². The standard InChI is InChI=1S/C12H26N2/c1-6-12(2,3)14(5)11-8-7-10(9-11)13-4/h10-11,13H,6-9H2,1-5H3. The molecule has 0 spiro atoms. The Morgan fingerprint density at radius 3 is 2.43 bits per heavy atom. The summed E-state index contributed by atoms with van der Waals surface area (Å²) in [6.45, 7) is 6.97. The van der Waals surface area contributed by atoms with E-state index >= 15 is 0 Å². The van der Waals surface area contributed by atoms with Crippen molar-refractivity contribution < 1.29 is 0 Å². The van der Waals surface area contributed by atoms with Gasteiger partial charge in [-0.25, -0.2) is 0 Å². The van der Waals surface area contributed by atoms with Crippen molar-refractivity contribution in [3.8, 4) is 0 Å². The van der Waals surface area contributed by atoms with Gasteiger partial charge in [-0.1, -0.05) is 6.92 Å². The summed E-state index contributed by atoms with van der Waals surface area (Å²) in [5.41, 5.74) is 0.354. The Morgan fingerprint density at radius 1 is 1.36 bits per heavy atom. The Bertz CT molecular complexity index is 177. The highest BCUT2D eigenvalue weighted by Crippen LogP contribution is 2.29. The van der Waals surface area contributed by atoms with Gasteiger partial charge in [0.25, 0.3) is 0 Å². The van der Waals surface area contributed by atoms with Gasteiger partial charge in [0.15, 0.2) is 0 Å². The van der Waals surface area contributed by atoms with E-state index in [-0.39, 0.29) is 0 Å². The fourth-order valence-electron chi connectivity index (χ4n) is 2.32. The first-order valence-corrected chi connectivity index (χ1v) is 5.91. The topological polar surface area (TPSA) is 15.3 Å². The molecule has 0 radical (unpaired) electrons. The van der Waals surface area contributed by atoms with Crippen molar-refractivity contribution in [1.29, 1.82) is 0 Å². The minimum absolute atomic E-state index is 0.354. The van der Waals surface area contributed by atoms with E-state index in [0.717, 1.165) is 12.1 Å². The second kappa shape index (κ2) is 4.63. The summed E-state index contributed by atoms with van der Waals surface area (Å²) in [5, 5.41) is 3.39. The normalized spacial score (nSPS) is 28.7. The zero-order chi connectivity index (χ0) is 10.8. The van der Waals surface area contributed by atoms with Crippen LogP contribution in [0, 0.1) is 0 Å². The number of hydrogen-bond acceptors (Lipinski definition) is 2. The number of nitrogens with one attached hydrogen (secondary N) is 1. The lowest BCUT2D eigenvalue weighted by molar-refractivity contribution is 0.0986. The molecule has 1 aliphatic carbocycles. The van der Waals surface area contributed by atoms with Crippen molar-refractivity contribution in [2.75, 3.05) is 14.1 Å². The second-order valence-corrected chi connectivity index (χ2v) is 5.23. The van der Waals surface area contributed by atoms with Crippen LogP contribution in [-0.2, 0) is 0 Å². The zero-order valence-electron chi connectivity index (χ0n) is 10.4. The van der Waals surface area contributed by atoms with Crippen LogP contribution in [0.2, 0.25) is 0 Å². The molecular weight excluding hydrogens is 172 g/mol. The van der Waals surface area contributed by atoms with Gasteiger partial charge in [0.1, 0.15) is 0 Å². The molecule has 0 aliphatic heterocycles. The Labute approximate surface area is 89.1 Å². The molecule has 2 atom stereocenters. The van der Waals surface area contributed by atoms with Gasteiger partial charge in [0, 0.05) is 17.6 Å². The Kier molecular flexibility index (Phi) is 3.96. The van der Waals surface area contributed by atoms with Gasteiger partial charge in [0.05, 0.1) is 0 Å². The first-order valence-electron chi connectivity index (χ1n) is 5.91. The number of rotatable bonds is 4. The van der Waals surface area contributed by atoms with E-state index in [1.54, 1.807) is 0 Å². The lowest BCUT2D eigenvalue weighted by Crippen LogP contribution is -2.46. The van der Waals surface area contributed by atoms with Crippen molar-refractivity contribution in [2.45, 2.75) is 64.1 Å². The summed E-state index contributed by atoms with van der Waals surface area (Å²) in [6, 6.07) is 1.53. The van der Waals surface area contributed by atoms with E-state index in [2.05, 4.69) is 45.1 Å². The summed E-state index contributed by atoms with van der Waals surface area (Å²) < 4.78 is 0. The maximum Gasteiger partial charge on any atom is 0.0150 e. The minimum Gasteiger partial charge on any atom is -0.317 e. The van der Waals surface area contributed by atoms with Crippen molar-refractivity contribution in [3.05, 3.63) is 0 Å². The molecule has 0 bridgehead atoms. The van der Waals surface area contributed by atoms with E-state index in [0.29, 0.717) is 5.54 Å². The molecule has 1 fully saturated rings. The molecule has 0 aromatic carbocycles. The number of hydrogen-bond donors (Lipinski definition) is 1. The minimum atomic E-state index is 0.354. The fourth-order valence-corrected chi connectivity index (χ4v) is 2.32. The molecule has 1 aliphatic rings. The summed E-state index contributed by atoms with van der Waals surface area (Å²) in [6.07, 6.45) is 5.23. The number of nitrogens with zero attached hydrogens (tertiary/aromatic N) is 1. The predicted octanol–water partition coefficient (Wildman–Crippen LogP) is 2.25. The quantitative estimate of drug-likeness (QED) is 0.745. The van der Waals surface area contributed by atoms with E-state index in [1.165, 1.54) is 25.7 Å². The van der Waals surface area contributed by atoms with Crippen LogP contribution in [0.3, 0.4) is 0 Å². The average Bonchev–Trinajstić information content (AvgIpc) is 2.64. The monoisotopic (exact) mass is 198 g/mol. The van der Waals surface area contributed by atoms with Crippen molar-refractivity contribution in [2.24, 2.45) is 0 Å². The van der Waals surface area contributed by atoms with Crippen LogP contribution in [0.4, 0.5) is 0 Å². The van der Waals surface area contributed by atoms with Gasteiger partial charge in [-0.2, -0.15) is 0 Å². The fraction of sp³-hybridized carbons (Fsp3) is 1.00. The first-order chi connectivity index (χ1) is 6.51. The molecule has 2 unspecified atom stereocenters. The largest absolute Gasteiger partial charge is 0.317 e. The molecule has 0 heterocycles. The van der Waals surface area contributed by atoms with Crippen LogP contribution in [0.15, 0.2) is 0 Å². The highest BCUT2D eigenvalue weighted by atomic mass is 15.2. The zero-order valence-corrected chi connectivity index (χ0v) is 10.4. The van der Waals surface area contributed by atoms with Crippen molar-refractivity contribution in [3.63, 3.8) is 0 Å². The molecule has 14 heavy (non-hydrogen) atoms. The maximum atomic E-state index is 3.39. The maximum absolute atomic E-state index is 3.39. The lowest BCUT2D eigenvalue weighted by atomic mass is 9.97. The van der Waals surface area contributed by atoms with E-state index < -0.39 is 0 Å². The first kappa shape index (κ1) is 12.0. The summed E-state index contributed by atoms with van der Waals surface area (Å²) in [4.78, 5) is 2.57. The Morgan fingerprint density at radius 2 is 2.00 bits per heavy atom. The lowest BCUT2D eigenvalue weighted by Gasteiger charge is -2.39. The molecule has 0 amide bonds. The van der Waals surface area contributed by atoms with Gasteiger partial charge < -0.3 is 5.32 Å². The van der Waals surface area contributed by atoms with Gasteiger partial charge >= 0.3 is 0 Å². The molecule has 0 aromatic rings. The van der Waals surface area contributed by atoms with E-state index in [9.17, 15) is 0 Å². The molecule has 2 nitrogen and oxygen atoms in total. The van der Waals surface area contributed by atoms with Crippen LogP contribution < -0.4 is 5.32 Å². The Balaban J connectivity index is 2.50. The second-order valence-electron chi connectivity index (χ2n) is 5.23. The molecule has 0 aromatic heterocycles. The SMILES string of the molecule is CCC(C)(C)N(C)C1CCC(NC)C1. The van der Waals surface area contributed by atoms with Crippen LogP contribution in [0.1, 0.15) is 46.5 Å². The molecule has 84 valence electrons. The molecule has 1 rings (SSSR count). The summed E-state index contributed by atoms with van der Waals surface area (Å²) >= 11 is 0.